The minimum absolute atomic E-state index is 0.00985. The molecule has 3 aromatic heterocycles. The Hall–Kier alpha value is -1.57. The summed E-state index contributed by atoms with van der Waals surface area (Å²) < 4.78 is 1.59. The van der Waals surface area contributed by atoms with Crippen molar-refractivity contribution in [3.05, 3.63) is 49.3 Å². The average Bonchev–Trinajstić information content (AvgIpc) is 3.12. The van der Waals surface area contributed by atoms with Gasteiger partial charge in [-0.25, -0.2) is 9.97 Å². The lowest BCUT2D eigenvalue weighted by atomic mass is 10.0. The standard InChI is InChI=1S/C16H18N4OS2/c1-19(10-14-18-12-4-2-3-5-13(12)23-14)9-11-8-15(21)20-6-7-22-16(20)17-11/h6-8H,2-5,9-10H2,1H3. The van der Waals surface area contributed by atoms with Gasteiger partial charge in [0.15, 0.2) is 4.96 Å². The van der Waals surface area contributed by atoms with Crippen molar-refractivity contribution in [2.24, 2.45) is 0 Å². The molecule has 120 valence electrons. The molecule has 3 heterocycles. The lowest BCUT2D eigenvalue weighted by Crippen LogP contribution is -2.21. The fourth-order valence-corrected chi connectivity index (χ4v) is 4.98. The molecule has 1 aliphatic carbocycles. The van der Waals surface area contributed by atoms with Gasteiger partial charge in [0.05, 0.1) is 17.9 Å². The van der Waals surface area contributed by atoms with E-state index in [0.717, 1.165) is 23.6 Å². The van der Waals surface area contributed by atoms with Crippen LogP contribution in [-0.4, -0.2) is 26.3 Å². The van der Waals surface area contributed by atoms with Crippen molar-refractivity contribution in [2.75, 3.05) is 7.05 Å². The third-order valence-corrected chi connectivity index (χ3v) is 5.98. The van der Waals surface area contributed by atoms with E-state index in [1.165, 1.54) is 46.2 Å². The van der Waals surface area contributed by atoms with E-state index >= 15 is 0 Å². The fourth-order valence-electron chi connectivity index (χ4n) is 3.01. The number of thiazole rings is 2. The van der Waals surface area contributed by atoms with Gasteiger partial charge >= 0.3 is 0 Å². The molecule has 3 aromatic rings. The van der Waals surface area contributed by atoms with Gasteiger partial charge in [-0.05, 0) is 32.7 Å². The van der Waals surface area contributed by atoms with E-state index in [4.69, 9.17) is 4.98 Å². The van der Waals surface area contributed by atoms with Crippen LogP contribution in [0.3, 0.4) is 0 Å². The highest BCUT2D eigenvalue weighted by Crippen LogP contribution is 2.27. The quantitative estimate of drug-likeness (QED) is 0.729. The van der Waals surface area contributed by atoms with Crippen molar-refractivity contribution in [1.82, 2.24) is 19.3 Å². The number of fused-ring (bicyclic) bond motifs is 2. The molecular formula is C16H18N4OS2. The van der Waals surface area contributed by atoms with Crippen molar-refractivity contribution in [1.29, 1.82) is 0 Å². The smallest absolute Gasteiger partial charge is 0.258 e. The number of aromatic nitrogens is 3. The van der Waals surface area contributed by atoms with Crippen LogP contribution >= 0.6 is 22.7 Å². The normalized spacial score (nSPS) is 14.5. The summed E-state index contributed by atoms with van der Waals surface area (Å²) in [5, 5.41) is 3.06. The highest BCUT2D eigenvalue weighted by molar-refractivity contribution is 7.15. The Morgan fingerprint density at radius 3 is 3.00 bits per heavy atom. The summed E-state index contributed by atoms with van der Waals surface area (Å²) in [4.78, 5) is 25.8. The zero-order valence-electron chi connectivity index (χ0n) is 13.0. The number of aryl methyl sites for hydroxylation is 2. The van der Waals surface area contributed by atoms with Crippen LogP contribution in [0.1, 0.15) is 34.1 Å². The second-order valence-electron chi connectivity index (χ2n) is 6.00. The molecule has 4 rings (SSSR count). The van der Waals surface area contributed by atoms with E-state index < -0.39 is 0 Å². The predicted octanol–water partition coefficient (Wildman–Crippen LogP) is 2.72. The molecule has 0 saturated carbocycles. The zero-order chi connectivity index (χ0) is 15.8. The first-order valence-corrected chi connectivity index (χ1v) is 9.50. The topological polar surface area (TPSA) is 50.5 Å². The zero-order valence-corrected chi connectivity index (χ0v) is 14.6. The van der Waals surface area contributed by atoms with Crippen molar-refractivity contribution >= 4 is 27.6 Å². The Kier molecular flexibility index (Phi) is 4.00. The Labute approximate surface area is 142 Å². The lowest BCUT2D eigenvalue weighted by molar-refractivity contribution is 0.314. The summed E-state index contributed by atoms with van der Waals surface area (Å²) in [5.74, 6) is 0. The number of hydrogen-bond donors (Lipinski definition) is 0. The minimum Gasteiger partial charge on any atom is -0.294 e. The number of nitrogens with zero attached hydrogens (tertiary/aromatic N) is 4. The van der Waals surface area contributed by atoms with Crippen LogP contribution in [-0.2, 0) is 25.9 Å². The van der Waals surface area contributed by atoms with Gasteiger partial charge in [-0.1, -0.05) is 0 Å². The largest absolute Gasteiger partial charge is 0.294 e. The van der Waals surface area contributed by atoms with Crippen LogP contribution < -0.4 is 5.56 Å². The molecule has 0 fully saturated rings. The second-order valence-corrected chi connectivity index (χ2v) is 8.04. The molecule has 0 aromatic carbocycles. The summed E-state index contributed by atoms with van der Waals surface area (Å²) in [6, 6.07) is 1.63. The van der Waals surface area contributed by atoms with E-state index in [1.54, 1.807) is 16.7 Å². The van der Waals surface area contributed by atoms with E-state index in [1.807, 2.05) is 16.7 Å². The van der Waals surface area contributed by atoms with Crippen LogP contribution in [0.4, 0.5) is 0 Å². The van der Waals surface area contributed by atoms with Gasteiger partial charge in [-0.2, -0.15) is 0 Å². The van der Waals surface area contributed by atoms with Gasteiger partial charge in [0.1, 0.15) is 5.01 Å². The van der Waals surface area contributed by atoms with E-state index in [2.05, 4.69) is 16.9 Å². The molecule has 7 heteroatoms. The molecule has 0 unspecified atom stereocenters. The third kappa shape index (κ3) is 3.08. The van der Waals surface area contributed by atoms with Crippen LogP contribution in [0.5, 0.6) is 0 Å². The van der Waals surface area contributed by atoms with Crippen LogP contribution in [0.2, 0.25) is 0 Å². The second kappa shape index (κ2) is 6.14. The summed E-state index contributed by atoms with van der Waals surface area (Å²) in [6.45, 7) is 1.47. The highest BCUT2D eigenvalue weighted by atomic mass is 32.1. The van der Waals surface area contributed by atoms with Crippen LogP contribution in [0.25, 0.3) is 4.96 Å². The Morgan fingerprint density at radius 2 is 2.13 bits per heavy atom. The van der Waals surface area contributed by atoms with Gasteiger partial charge in [0, 0.05) is 29.1 Å². The van der Waals surface area contributed by atoms with Crippen LogP contribution in [0.15, 0.2) is 22.4 Å². The molecule has 0 amide bonds. The molecular weight excluding hydrogens is 328 g/mol. The minimum atomic E-state index is -0.00985. The summed E-state index contributed by atoms with van der Waals surface area (Å²) >= 11 is 3.33. The third-order valence-electron chi connectivity index (χ3n) is 4.08. The molecule has 0 radical (unpaired) electrons. The molecule has 0 N–H and O–H groups in total. The molecule has 5 nitrogen and oxygen atoms in total. The van der Waals surface area contributed by atoms with E-state index in [9.17, 15) is 4.79 Å². The maximum absolute atomic E-state index is 12.0. The van der Waals surface area contributed by atoms with Gasteiger partial charge in [-0.15, -0.1) is 22.7 Å². The summed E-state index contributed by atoms with van der Waals surface area (Å²) in [7, 11) is 2.05. The highest BCUT2D eigenvalue weighted by Gasteiger charge is 2.16. The molecule has 23 heavy (non-hydrogen) atoms. The summed E-state index contributed by atoms with van der Waals surface area (Å²) in [6.07, 6.45) is 6.63. The SMILES string of the molecule is CN(Cc1cc(=O)n2ccsc2n1)Cc1nc2c(s1)CCCC2. The molecule has 0 saturated heterocycles. The fraction of sp³-hybridized carbons (Fsp3) is 0.438. The van der Waals surface area contributed by atoms with Crippen molar-refractivity contribution < 1.29 is 0 Å². The Balaban J connectivity index is 1.49. The van der Waals surface area contributed by atoms with E-state index in [0.29, 0.717) is 6.54 Å². The van der Waals surface area contributed by atoms with Crippen molar-refractivity contribution in [3.8, 4) is 0 Å². The monoisotopic (exact) mass is 346 g/mol. The van der Waals surface area contributed by atoms with Gasteiger partial charge in [0.2, 0.25) is 0 Å². The first kappa shape index (κ1) is 15.0. The maximum Gasteiger partial charge on any atom is 0.258 e. The first-order valence-electron chi connectivity index (χ1n) is 7.81. The molecule has 0 atom stereocenters. The molecule has 0 bridgehead atoms. The van der Waals surface area contributed by atoms with Gasteiger partial charge in [0.25, 0.3) is 5.56 Å². The molecule has 0 spiro atoms. The van der Waals surface area contributed by atoms with Gasteiger partial charge in [-0.3, -0.25) is 14.1 Å². The summed E-state index contributed by atoms with van der Waals surface area (Å²) in [5.41, 5.74) is 2.12. The van der Waals surface area contributed by atoms with E-state index in [-0.39, 0.29) is 5.56 Å². The maximum atomic E-state index is 12.0. The Morgan fingerprint density at radius 1 is 1.26 bits per heavy atom. The predicted molar refractivity (Wildman–Crippen MR) is 93.3 cm³/mol. The van der Waals surface area contributed by atoms with Crippen LogP contribution in [0, 0.1) is 0 Å². The van der Waals surface area contributed by atoms with Crippen molar-refractivity contribution in [3.63, 3.8) is 0 Å². The van der Waals surface area contributed by atoms with Gasteiger partial charge < -0.3 is 0 Å². The molecule has 0 aliphatic heterocycles. The molecule has 1 aliphatic rings. The average molecular weight is 346 g/mol. The van der Waals surface area contributed by atoms with Crippen molar-refractivity contribution in [2.45, 2.75) is 38.8 Å². The number of hydrogen-bond acceptors (Lipinski definition) is 6. The lowest BCUT2D eigenvalue weighted by Gasteiger charge is -2.14. The Bertz CT molecular complexity index is 872. The first-order chi connectivity index (χ1) is 11.2. The number of rotatable bonds is 4.